The Balaban J connectivity index is 1.18. The highest BCUT2D eigenvalue weighted by Gasteiger charge is 2.50. The van der Waals surface area contributed by atoms with Gasteiger partial charge in [-0.2, -0.15) is 0 Å². The van der Waals surface area contributed by atoms with Crippen molar-refractivity contribution in [1.29, 1.82) is 0 Å². The Hall–Kier alpha value is -3.69. The maximum atomic E-state index is 12.7. The van der Waals surface area contributed by atoms with Crippen molar-refractivity contribution in [2.45, 2.75) is 30.7 Å². The zero-order chi connectivity index (χ0) is 22.7. The van der Waals surface area contributed by atoms with Gasteiger partial charge in [-0.05, 0) is 65.8 Å². The summed E-state index contributed by atoms with van der Waals surface area (Å²) in [4.78, 5) is 12.7. The average Bonchev–Trinajstić information content (AvgIpc) is 3.56. The molecule has 3 heteroatoms. The van der Waals surface area contributed by atoms with E-state index in [4.69, 9.17) is 5.73 Å². The number of aryl methyl sites for hydroxylation is 1. The van der Waals surface area contributed by atoms with Crippen LogP contribution in [0, 0.1) is 0 Å². The van der Waals surface area contributed by atoms with E-state index < -0.39 is 0 Å². The molecular weight excluding hydrogens is 404 g/mol. The summed E-state index contributed by atoms with van der Waals surface area (Å²) < 4.78 is 0. The molecule has 164 valence electrons. The summed E-state index contributed by atoms with van der Waals surface area (Å²) >= 11 is 0. The zero-order valence-corrected chi connectivity index (χ0v) is 18.6. The number of carbonyl (C=O) groups is 1. The third-order valence-electron chi connectivity index (χ3n) is 6.67. The third-order valence-corrected chi connectivity index (χ3v) is 6.67. The quantitative estimate of drug-likeness (QED) is 0.354. The van der Waals surface area contributed by atoms with Crippen LogP contribution in [-0.4, -0.2) is 11.4 Å². The van der Waals surface area contributed by atoms with Crippen molar-refractivity contribution >= 4 is 11.6 Å². The lowest BCUT2D eigenvalue weighted by atomic mass is 9.99. The van der Waals surface area contributed by atoms with Gasteiger partial charge in [0, 0.05) is 22.7 Å². The number of nitrogens with one attached hydrogen (secondary N) is 1. The highest BCUT2D eigenvalue weighted by atomic mass is 16.1. The van der Waals surface area contributed by atoms with Crippen LogP contribution < -0.4 is 11.1 Å². The lowest BCUT2D eigenvalue weighted by Crippen LogP contribution is -2.25. The first-order chi connectivity index (χ1) is 16.1. The first-order valence-electron chi connectivity index (χ1n) is 11.5. The number of rotatable bonds is 7. The van der Waals surface area contributed by atoms with Gasteiger partial charge in [0.2, 0.25) is 0 Å². The molecule has 2 unspecified atom stereocenters. The number of hydrogen-bond acceptors (Lipinski definition) is 2. The molecule has 3 nitrogen and oxygen atoms in total. The van der Waals surface area contributed by atoms with E-state index in [2.05, 4.69) is 53.8 Å². The molecule has 0 saturated heterocycles. The summed E-state index contributed by atoms with van der Waals surface area (Å²) in [5.74, 6) is 0.279. The Labute approximate surface area is 195 Å². The monoisotopic (exact) mass is 432 g/mol. The standard InChI is InChI=1S/C30H28N2O/c31-30(20-19-22-7-3-1-4-8-22)21-28(30)25-15-17-27(18-16-25)32-29(33)26-13-11-24(12-14-26)23-9-5-2-6-10-23/h1-18,28H,19-21,31H2,(H,32,33). The van der Waals surface area contributed by atoms with E-state index in [1.807, 2.05) is 60.7 Å². The van der Waals surface area contributed by atoms with Crippen molar-refractivity contribution in [3.05, 3.63) is 126 Å². The molecule has 1 fully saturated rings. The summed E-state index contributed by atoms with van der Waals surface area (Å²) in [6.07, 6.45) is 3.00. The van der Waals surface area contributed by atoms with Gasteiger partial charge in [0.15, 0.2) is 0 Å². The van der Waals surface area contributed by atoms with E-state index in [0.29, 0.717) is 11.5 Å². The molecule has 33 heavy (non-hydrogen) atoms. The number of amides is 1. The van der Waals surface area contributed by atoms with Gasteiger partial charge < -0.3 is 11.1 Å². The normalized spacial score (nSPS) is 19.1. The van der Waals surface area contributed by atoms with Gasteiger partial charge in [-0.25, -0.2) is 0 Å². The SMILES string of the molecule is NC1(CCc2ccccc2)CC1c1ccc(NC(=O)c2ccc(-c3ccccc3)cc2)cc1. The fourth-order valence-corrected chi connectivity index (χ4v) is 4.52. The molecular formula is C30H28N2O. The predicted molar refractivity (Wildman–Crippen MR) is 135 cm³/mol. The van der Waals surface area contributed by atoms with Gasteiger partial charge in [-0.1, -0.05) is 84.9 Å². The van der Waals surface area contributed by atoms with Crippen molar-refractivity contribution in [3.63, 3.8) is 0 Å². The molecule has 4 aromatic rings. The second-order valence-corrected chi connectivity index (χ2v) is 8.99. The van der Waals surface area contributed by atoms with Crippen molar-refractivity contribution < 1.29 is 4.79 Å². The van der Waals surface area contributed by atoms with Gasteiger partial charge in [0.05, 0.1) is 0 Å². The van der Waals surface area contributed by atoms with Crippen LogP contribution in [-0.2, 0) is 6.42 Å². The molecule has 1 amide bonds. The Kier molecular flexibility index (Phi) is 5.80. The van der Waals surface area contributed by atoms with Crippen LogP contribution in [0.4, 0.5) is 5.69 Å². The van der Waals surface area contributed by atoms with Gasteiger partial charge in [-0.3, -0.25) is 4.79 Å². The lowest BCUT2D eigenvalue weighted by molar-refractivity contribution is 0.102. The molecule has 0 bridgehead atoms. The minimum atomic E-state index is -0.124. The van der Waals surface area contributed by atoms with Gasteiger partial charge in [-0.15, -0.1) is 0 Å². The molecule has 0 spiro atoms. The van der Waals surface area contributed by atoms with Crippen LogP contribution in [0.2, 0.25) is 0 Å². The minimum absolute atomic E-state index is 0.107. The fraction of sp³-hybridized carbons (Fsp3) is 0.167. The summed E-state index contributed by atoms with van der Waals surface area (Å²) in [5, 5.41) is 3.00. The third kappa shape index (κ3) is 4.89. The lowest BCUT2D eigenvalue weighted by Gasteiger charge is -2.12. The number of benzene rings is 4. The van der Waals surface area contributed by atoms with E-state index in [0.717, 1.165) is 36.1 Å². The van der Waals surface area contributed by atoms with E-state index in [1.54, 1.807) is 0 Å². The molecule has 2 atom stereocenters. The van der Waals surface area contributed by atoms with Crippen molar-refractivity contribution in [3.8, 4) is 11.1 Å². The highest BCUT2D eigenvalue weighted by Crippen LogP contribution is 2.52. The Morgan fingerprint density at radius 1 is 0.788 bits per heavy atom. The van der Waals surface area contributed by atoms with Crippen LogP contribution in [0.15, 0.2) is 109 Å². The first-order valence-corrected chi connectivity index (χ1v) is 11.5. The number of nitrogens with two attached hydrogens (primary N) is 1. The summed E-state index contributed by atoms with van der Waals surface area (Å²) in [6.45, 7) is 0. The Morgan fingerprint density at radius 2 is 1.39 bits per heavy atom. The second kappa shape index (κ2) is 9.05. The Morgan fingerprint density at radius 3 is 2.06 bits per heavy atom. The maximum absolute atomic E-state index is 12.7. The zero-order valence-electron chi connectivity index (χ0n) is 18.6. The summed E-state index contributed by atoms with van der Waals surface area (Å²) in [7, 11) is 0. The molecule has 5 rings (SSSR count). The van der Waals surface area contributed by atoms with E-state index in [-0.39, 0.29) is 11.4 Å². The van der Waals surface area contributed by atoms with Gasteiger partial charge >= 0.3 is 0 Å². The highest BCUT2D eigenvalue weighted by molar-refractivity contribution is 6.04. The van der Waals surface area contributed by atoms with E-state index in [1.165, 1.54) is 11.1 Å². The van der Waals surface area contributed by atoms with Crippen molar-refractivity contribution in [2.24, 2.45) is 5.73 Å². The van der Waals surface area contributed by atoms with Crippen LogP contribution in [0.1, 0.15) is 40.2 Å². The average molecular weight is 433 g/mol. The van der Waals surface area contributed by atoms with Crippen LogP contribution in [0.25, 0.3) is 11.1 Å². The molecule has 0 radical (unpaired) electrons. The molecule has 4 aromatic carbocycles. The summed E-state index contributed by atoms with van der Waals surface area (Å²) in [5.41, 5.74) is 12.8. The number of anilines is 1. The van der Waals surface area contributed by atoms with Crippen LogP contribution in [0.3, 0.4) is 0 Å². The predicted octanol–water partition coefficient (Wildman–Crippen LogP) is 6.42. The molecule has 1 aliphatic rings. The van der Waals surface area contributed by atoms with Gasteiger partial charge in [0.25, 0.3) is 5.91 Å². The van der Waals surface area contributed by atoms with Crippen LogP contribution in [0.5, 0.6) is 0 Å². The summed E-state index contributed by atoms with van der Waals surface area (Å²) in [6, 6.07) is 36.5. The van der Waals surface area contributed by atoms with Crippen molar-refractivity contribution in [1.82, 2.24) is 0 Å². The number of hydrogen-bond donors (Lipinski definition) is 2. The van der Waals surface area contributed by atoms with E-state index >= 15 is 0 Å². The van der Waals surface area contributed by atoms with E-state index in [9.17, 15) is 4.79 Å². The number of carbonyl (C=O) groups excluding carboxylic acids is 1. The van der Waals surface area contributed by atoms with Crippen LogP contribution >= 0.6 is 0 Å². The van der Waals surface area contributed by atoms with Crippen molar-refractivity contribution in [2.75, 3.05) is 5.32 Å². The first kappa shape index (κ1) is 21.2. The molecule has 0 heterocycles. The minimum Gasteiger partial charge on any atom is -0.325 e. The second-order valence-electron chi connectivity index (χ2n) is 8.99. The molecule has 0 aliphatic heterocycles. The topological polar surface area (TPSA) is 55.1 Å². The smallest absolute Gasteiger partial charge is 0.255 e. The molecule has 1 aliphatic carbocycles. The molecule has 3 N–H and O–H groups in total. The molecule has 1 saturated carbocycles. The largest absolute Gasteiger partial charge is 0.325 e. The fourth-order valence-electron chi connectivity index (χ4n) is 4.52. The Bertz CT molecular complexity index is 1220. The molecule has 0 aromatic heterocycles. The van der Waals surface area contributed by atoms with Gasteiger partial charge in [0.1, 0.15) is 0 Å². The maximum Gasteiger partial charge on any atom is 0.255 e.